The zero-order chi connectivity index (χ0) is 10.8. The van der Waals surface area contributed by atoms with Crippen molar-refractivity contribution in [2.24, 2.45) is 0 Å². The lowest BCUT2D eigenvalue weighted by Crippen LogP contribution is -1.85. The molecule has 0 saturated carbocycles. The van der Waals surface area contributed by atoms with Crippen LogP contribution in [0, 0.1) is 6.92 Å². The number of hydrogen-bond acceptors (Lipinski definition) is 4. The normalized spacial score (nSPS) is 12.7. The molecule has 0 bridgehead atoms. The van der Waals surface area contributed by atoms with Crippen molar-refractivity contribution in [3.63, 3.8) is 0 Å². The first-order chi connectivity index (χ1) is 7.18. The molecule has 0 aliphatic heterocycles. The molecule has 0 spiro atoms. The van der Waals surface area contributed by atoms with Gasteiger partial charge in [0.05, 0.1) is 5.38 Å². The summed E-state index contributed by atoms with van der Waals surface area (Å²) in [4.78, 5) is 4.22. The zero-order valence-corrected chi connectivity index (χ0v) is 10.0. The Morgan fingerprint density at radius 1 is 1.40 bits per heavy atom. The minimum atomic E-state index is -0.0896. The van der Waals surface area contributed by atoms with Gasteiger partial charge in [0.1, 0.15) is 10.0 Å². The zero-order valence-electron chi connectivity index (χ0n) is 8.44. The van der Waals surface area contributed by atoms with Gasteiger partial charge >= 0.3 is 0 Å². The maximum atomic E-state index is 5.94. The fourth-order valence-corrected chi connectivity index (χ4v) is 2.24. The molecule has 0 aliphatic carbocycles. The van der Waals surface area contributed by atoms with Crippen molar-refractivity contribution in [1.82, 2.24) is 15.2 Å². The van der Waals surface area contributed by atoms with E-state index in [1.54, 1.807) is 6.20 Å². The Morgan fingerprint density at radius 2 is 2.20 bits per heavy atom. The molecule has 0 aromatic carbocycles. The molecule has 78 valence electrons. The quantitative estimate of drug-likeness (QED) is 0.756. The van der Waals surface area contributed by atoms with Gasteiger partial charge < -0.3 is 0 Å². The molecular weight excluding hydrogens is 230 g/mol. The van der Waals surface area contributed by atoms with E-state index >= 15 is 0 Å². The van der Waals surface area contributed by atoms with Crippen LogP contribution in [0.3, 0.4) is 0 Å². The van der Waals surface area contributed by atoms with Gasteiger partial charge in [-0.25, -0.2) is 0 Å². The maximum absolute atomic E-state index is 5.94. The molecule has 0 saturated heterocycles. The summed E-state index contributed by atoms with van der Waals surface area (Å²) in [5, 5.41) is 9.79. The molecule has 2 aromatic heterocycles. The summed E-state index contributed by atoms with van der Waals surface area (Å²) in [6.07, 6.45) is 1.77. The van der Waals surface area contributed by atoms with Crippen LogP contribution in [0.15, 0.2) is 18.3 Å². The first-order valence-corrected chi connectivity index (χ1v) is 5.83. The smallest absolute Gasteiger partial charge is 0.149 e. The molecule has 0 amide bonds. The number of hydrogen-bond donors (Lipinski definition) is 0. The van der Waals surface area contributed by atoms with E-state index in [4.69, 9.17) is 11.6 Å². The predicted molar refractivity (Wildman–Crippen MR) is 62.1 cm³/mol. The monoisotopic (exact) mass is 239 g/mol. The van der Waals surface area contributed by atoms with Crippen LogP contribution >= 0.6 is 22.9 Å². The van der Waals surface area contributed by atoms with E-state index in [2.05, 4.69) is 15.2 Å². The lowest BCUT2D eigenvalue weighted by molar-refractivity contribution is 0.961. The molecule has 1 atom stereocenters. The third-order valence-corrected chi connectivity index (χ3v) is 3.49. The first-order valence-electron chi connectivity index (χ1n) is 4.58. The van der Waals surface area contributed by atoms with Gasteiger partial charge in [-0.2, -0.15) is 0 Å². The average molecular weight is 240 g/mol. The van der Waals surface area contributed by atoms with E-state index in [0.717, 1.165) is 21.3 Å². The number of pyridine rings is 1. The molecular formula is C10H10ClN3S. The van der Waals surface area contributed by atoms with Crippen molar-refractivity contribution in [3.05, 3.63) is 29.0 Å². The lowest BCUT2D eigenvalue weighted by Gasteiger charge is -1.98. The van der Waals surface area contributed by atoms with Crippen LogP contribution in [0.25, 0.3) is 10.6 Å². The highest BCUT2D eigenvalue weighted by atomic mass is 35.5. The van der Waals surface area contributed by atoms with Gasteiger partial charge in [0.15, 0.2) is 0 Å². The Hall–Kier alpha value is -1.00. The number of alkyl halides is 1. The van der Waals surface area contributed by atoms with Crippen molar-refractivity contribution in [1.29, 1.82) is 0 Å². The highest BCUT2D eigenvalue weighted by Crippen LogP contribution is 2.30. The molecule has 2 rings (SSSR count). The van der Waals surface area contributed by atoms with Gasteiger partial charge in [-0.15, -0.1) is 21.8 Å². The van der Waals surface area contributed by atoms with Crippen LogP contribution in [0.1, 0.15) is 23.0 Å². The van der Waals surface area contributed by atoms with Crippen LogP contribution in [0.2, 0.25) is 0 Å². The second-order valence-corrected chi connectivity index (χ2v) is 4.86. The Balaban J connectivity index is 2.42. The molecule has 2 aromatic rings. The SMILES string of the molecule is Cc1ncccc1-c1nnc(C(C)Cl)s1. The first kappa shape index (κ1) is 10.5. The summed E-state index contributed by atoms with van der Waals surface area (Å²) in [6.45, 7) is 3.85. The summed E-state index contributed by atoms with van der Waals surface area (Å²) >= 11 is 7.45. The largest absolute Gasteiger partial charge is 0.261 e. The van der Waals surface area contributed by atoms with Crippen LogP contribution in [-0.2, 0) is 0 Å². The average Bonchev–Trinajstić information content (AvgIpc) is 2.67. The molecule has 15 heavy (non-hydrogen) atoms. The van der Waals surface area contributed by atoms with Crippen molar-refractivity contribution >= 4 is 22.9 Å². The minimum Gasteiger partial charge on any atom is -0.261 e. The molecule has 0 aliphatic rings. The molecule has 3 nitrogen and oxygen atoms in total. The minimum absolute atomic E-state index is 0.0896. The maximum Gasteiger partial charge on any atom is 0.149 e. The molecule has 2 heterocycles. The molecule has 1 unspecified atom stereocenters. The van der Waals surface area contributed by atoms with Crippen LogP contribution < -0.4 is 0 Å². The van der Waals surface area contributed by atoms with Crippen LogP contribution in [-0.4, -0.2) is 15.2 Å². The highest BCUT2D eigenvalue weighted by molar-refractivity contribution is 7.15. The Labute approximate surface area is 97.2 Å². The summed E-state index contributed by atoms with van der Waals surface area (Å²) in [7, 11) is 0. The Bertz CT molecular complexity index is 467. The van der Waals surface area contributed by atoms with E-state index in [-0.39, 0.29) is 5.38 Å². The van der Waals surface area contributed by atoms with Gasteiger partial charge in [0, 0.05) is 17.5 Å². The van der Waals surface area contributed by atoms with Crippen LogP contribution in [0.4, 0.5) is 0 Å². The number of aromatic nitrogens is 3. The molecule has 5 heteroatoms. The topological polar surface area (TPSA) is 38.7 Å². The van der Waals surface area contributed by atoms with Crippen LogP contribution in [0.5, 0.6) is 0 Å². The van der Waals surface area contributed by atoms with Gasteiger partial charge in [0.2, 0.25) is 0 Å². The van der Waals surface area contributed by atoms with Crippen molar-refractivity contribution in [2.45, 2.75) is 19.2 Å². The summed E-state index contributed by atoms with van der Waals surface area (Å²) < 4.78 is 0. The highest BCUT2D eigenvalue weighted by Gasteiger charge is 2.12. The third kappa shape index (κ3) is 2.16. The van der Waals surface area contributed by atoms with E-state index < -0.39 is 0 Å². The summed E-state index contributed by atoms with van der Waals surface area (Å²) in [5.74, 6) is 0. The molecule has 0 N–H and O–H groups in total. The van der Waals surface area contributed by atoms with Crippen molar-refractivity contribution in [2.75, 3.05) is 0 Å². The number of nitrogens with zero attached hydrogens (tertiary/aromatic N) is 3. The van der Waals surface area contributed by atoms with E-state index in [1.807, 2.05) is 26.0 Å². The lowest BCUT2D eigenvalue weighted by atomic mass is 10.2. The van der Waals surface area contributed by atoms with Crippen molar-refractivity contribution < 1.29 is 0 Å². The number of rotatable bonds is 2. The molecule has 0 fully saturated rings. The fraction of sp³-hybridized carbons (Fsp3) is 0.300. The van der Waals surface area contributed by atoms with E-state index in [1.165, 1.54) is 11.3 Å². The predicted octanol–water partition coefficient (Wildman–Crippen LogP) is 3.21. The van der Waals surface area contributed by atoms with E-state index in [0.29, 0.717) is 0 Å². The Morgan fingerprint density at radius 3 is 2.80 bits per heavy atom. The third-order valence-electron chi connectivity index (χ3n) is 2.02. The summed E-state index contributed by atoms with van der Waals surface area (Å²) in [5.41, 5.74) is 1.99. The Kier molecular flexibility index (Phi) is 2.98. The fourth-order valence-electron chi connectivity index (χ4n) is 1.21. The van der Waals surface area contributed by atoms with Gasteiger partial charge in [0.25, 0.3) is 0 Å². The molecule has 0 radical (unpaired) electrons. The van der Waals surface area contributed by atoms with Gasteiger partial charge in [-0.3, -0.25) is 4.98 Å². The number of aryl methyl sites for hydroxylation is 1. The summed E-state index contributed by atoms with van der Waals surface area (Å²) in [6, 6.07) is 3.89. The van der Waals surface area contributed by atoms with Crippen molar-refractivity contribution in [3.8, 4) is 10.6 Å². The number of halogens is 1. The van der Waals surface area contributed by atoms with E-state index in [9.17, 15) is 0 Å². The second-order valence-electron chi connectivity index (χ2n) is 3.20. The van der Waals surface area contributed by atoms with Gasteiger partial charge in [-0.05, 0) is 26.0 Å². The standard InChI is InChI=1S/C10H10ClN3S/c1-6(11)9-13-14-10(15-9)8-4-3-5-12-7(8)2/h3-6H,1-2H3. The van der Waals surface area contributed by atoms with Gasteiger partial charge in [-0.1, -0.05) is 11.3 Å². The second kappa shape index (κ2) is 4.24.